The van der Waals surface area contributed by atoms with Gasteiger partial charge in [-0.15, -0.1) is 0 Å². The fourth-order valence-electron chi connectivity index (χ4n) is 0.868. The van der Waals surface area contributed by atoms with Gasteiger partial charge in [0.25, 0.3) is 0 Å². The number of pyridine rings is 1. The number of carbonyl (C=O) groups is 1. The van der Waals surface area contributed by atoms with Crippen LogP contribution in [-0.4, -0.2) is 11.1 Å². The van der Waals surface area contributed by atoms with Crippen molar-refractivity contribution in [2.45, 2.75) is 6.92 Å². The number of hydrogen-bond acceptors (Lipinski definition) is 2. The van der Waals surface area contributed by atoms with E-state index in [4.69, 9.17) is 16.7 Å². The Labute approximate surface area is 73.6 Å². The van der Waals surface area contributed by atoms with Gasteiger partial charge in [0, 0.05) is 13.0 Å². The average Bonchev–Trinajstić information content (AvgIpc) is 1.97. The third-order valence-electron chi connectivity index (χ3n) is 1.50. The summed E-state index contributed by atoms with van der Waals surface area (Å²) in [6.45, 7) is 1.41. The Morgan fingerprint density at radius 2 is 2.33 bits per heavy atom. The van der Waals surface area contributed by atoms with E-state index in [0.717, 1.165) is 0 Å². The molecule has 0 unspecified atom stereocenters. The van der Waals surface area contributed by atoms with E-state index < -0.39 is 5.97 Å². The van der Waals surface area contributed by atoms with Gasteiger partial charge in [0.2, 0.25) is 5.69 Å². The van der Waals surface area contributed by atoms with Crippen molar-refractivity contribution >= 4 is 17.6 Å². The van der Waals surface area contributed by atoms with Crippen molar-refractivity contribution in [3.05, 3.63) is 33.8 Å². The maximum Gasteiger partial charge on any atom is 0.343 e. The van der Waals surface area contributed by atoms with Crippen LogP contribution in [0.15, 0.2) is 12.3 Å². The number of hydrogen-bond donors (Lipinski definition) is 1. The molecule has 1 rings (SSSR count). The molecule has 0 aliphatic rings. The average molecular weight is 188 g/mol. The summed E-state index contributed by atoms with van der Waals surface area (Å²) in [6.07, 6.45) is 1.17. The summed E-state index contributed by atoms with van der Waals surface area (Å²) in [5.74, 6) is -1.19. The van der Waals surface area contributed by atoms with E-state index in [1.165, 1.54) is 19.2 Å². The lowest BCUT2D eigenvalue weighted by Gasteiger charge is -2.03. The number of carboxylic acids is 1. The molecule has 0 bridgehead atoms. The van der Waals surface area contributed by atoms with Gasteiger partial charge < -0.3 is 10.3 Å². The number of carboxylic acid groups (broad SMARTS) is 1. The fraction of sp³-hybridized carbons (Fsp3) is 0.143. The van der Waals surface area contributed by atoms with E-state index in [2.05, 4.69) is 0 Å². The van der Waals surface area contributed by atoms with Gasteiger partial charge in [0.15, 0.2) is 6.20 Å². The second-order valence-electron chi connectivity index (χ2n) is 2.26. The Morgan fingerprint density at radius 1 is 1.75 bits per heavy atom. The Balaban J connectivity index is 3.43. The number of aromatic carboxylic acids is 1. The van der Waals surface area contributed by atoms with E-state index in [9.17, 15) is 10.0 Å². The lowest BCUT2D eigenvalue weighted by atomic mass is 10.2. The highest BCUT2D eigenvalue weighted by Crippen LogP contribution is 2.15. The molecular formula is C7H6ClNO3. The molecule has 0 saturated heterocycles. The Kier molecular flexibility index (Phi) is 2.19. The highest BCUT2D eigenvalue weighted by Gasteiger charge is 2.18. The summed E-state index contributed by atoms with van der Waals surface area (Å²) >= 11 is 5.56. The topological polar surface area (TPSA) is 64.2 Å². The Bertz CT molecular complexity index is 338. The van der Waals surface area contributed by atoms with Crippen molar-refractivity contribution in [1.29, 1.82) is 0 Å². The van der Waals surface area contributed by atoms with Gasteiger partial charge in [-0.05, 0) is 0 Å². The molecule has 0 aliphatic heterocycles. The quantitative estimate of drug-likeness (QED) is 0.527. The standard InChI is InChI=1S/C7H6ClNO3/c1-4-6(7(10)11)5(8)2-3-9(4)12/h2-3H,1H3,(H,10,11). The molecule has 0 aromatic carbocycles. The molecule has 0 spiro atoms. The van der Waals surface area contributed by atoms with E-state index in [-0.39, 0.29) is 16.3 Å². The highest BCUT2D eigenvalue weighted by molar-refractivity contribution is 6.33. The van der Waals surface area contributed by atoms with Crippen LogP contribution in [0.2, 0.25) is 5.02 Å². The minimum absolute atomic E-state index is 0.0760. The van der Waals surface area contributed by atoms with Crippen LogP contribution in [-0.2, 0) is 0 Å². The van der Waals surface area contributed by atoms with Crippen LogP contribution >= 0.6 is 11.6 Å². The molecule has 0 amide bonds. The minimum atomic E-state index is -1.19. The monoisotopic (exact) mass is 187 g/mol. The second-order valence-corrected chi connectivity index (χ2v) is 2.66. The molecular weight excluding hydrogens is 182 g/mol. The zero-order chi connectivity index (χ0) is 9.30. The largest absolute Gasteiger partial charge is 0.618 e. The fourth-order valence-corrected chi connectivity index (χ4v) is 1.14. The van der Waals surface area contributed by atoms with Gasteiger partial charge >= 0.3 is 5.97 Å². The first kappa shape index (κ1) is 8.80. The third kappa shape index (κ3) is 1.33. The summed E-state index contributed by atoms with van der Waals surface area (Å²) in [6, 6.07) is 1.25. The lowest BCUT2D eigenvalue weighted by molar-refractivity contribution is -0.612. The SMILES string of the molecule is Cc1c(C(=O)O)c(Cl)cc[n+]1[O-]. The van der Waals surface area contributed by atoms with Crippen molar-refractivity contribution in [1.82, 2.24) is 0 Å². The normalized spacial score (nSPS) is 9.83. The Morgan fingerprint density at radius 3 is 2.75 bits per heavy atom. The van der Waals surface area contributed by atoms with Gasteiger partial charge in [-0.3, -0.25) is 0 Å². The zero-order valence-corrected chi connectivity index (χ0v) is 7.00. The molecule has 1 aromatic rings. The minimum Gasteiger partial charge on any atom is -0.618 e. The molecule has 64 valence electrons. The van der Waals surface area contributed by atoms with Crippen molar-refractivity contribution in [2.24, 2.45) is 0 Å². The van der Waals surface area contributed by atoms with Gasteiger partial charge in [0.1, 0.15) is 5.56 Å². The van der Waals surface area contributed by atoms with Crippen LogP contribution in [0.1, 0.15) is 16.1 Å². The summed E-state index contributed by atoms with van der Waals surface area (Å²) < 4.78 is 0.468. The molecule has 0 radical (unpaired) electrons. The van der Waals surface area contributed by atoms with Gasteiger partial charge in [-0.1, -0.05) is 11.6 Å². The summed E-state index contributed by atoms with van der Waals surface area (Å²) in [4.78, 5) is 10.6. The maximum absolute atomic E-state index is 10.9. The first-order valence-corrected chi connectivity index (χ1v) is 3.53. The molecule has 0 aliphatic carbocycles. The summed E-state index contributed by atoms with van der Waals surface area (Å²) in [5.41, 5.74) is -0.0517. The van der Waals surface area contributed by atoms with Crippen LogP contribution in [0.4, 0.5) is 0 Å². The van der Waals surface area contributed by atoms with E-state index in [0.29, 0.717) is 4.73 Å². The van der Waals surface area contributed by atoms with Crippen molar-refractivity contribution in [3.63, 3.8) is 0 Å². The van der Waals surface area contributed by atoms with Crippen LogP contribution in [0.25, 0.3) is 0 Å². The van der Waals surface area contributed by atoms with Gasteiger partial charge in [-0.25, -0.2) is 4.79 Å². The first-order chi connectivity index (χ1) is 5.54. The number of aromatic nitrogens is 1. The van der Waals surface area contributed by atoms with Crippen LogP contribution in [0, 0.1) is 12.1 Å². The molecule has 0 atom stereocenters. The molecule has 1 N–H and O–H groups in total. The lowest BCUT2D eigenvalue weighted by Crippen LogP contribution is -2.31. The molecule has 4 nitrogen and oxygen atoms in total. The van der Waals surface area contributed by atoms with Crippen molar-refractivity contribution in [2.75, 3.05) is 0 Å². The van der Waals surface area contributed by atoms with Crippen molar-refractivity contribution in [3.8, 4) is 0 Å². The summed E-state index contributed by atoms with van der Waals surface area (Å²) in [5, 5.41) is 19.6. The Hall–Kier alpha value is -1.29. The van der Waals surface area contributed by atoms with Crippen LogP contribution < -0.4 is 4.73 Å². The zero-order valence-electron chi connectivity index (χ0n) is 6.24. The third-order valence-corrected chi connectivity index (χ3v) is 1.82. The molecule has 5 heteroatoms. The summed E-state index contributed by atoms with van der Waals surface area (Å²) in [7, 11) is 0. The molecule has 0 fully saturated rings. The van der Waals surface area contributed by atoms with Crippen LogP contribution in [0.3, 0.4) is 0 Å². The number of rotatable bonds is 1. The number of halogens is 1. The predicted octanol–water partition coefficient (Wildman–Crippen LogP) is 0.980. The van der Waals surface area contributed by atoms with E-state index in [1.807, 2.05) is 0 Å². The van der Waals surface area contributed by atoms with Gasteiger partial charge in [0.05, 0.1) is 5.02 Å². The van der Waals surface area contributed by atoms with Crippen molar-refractivity contribution < 1.29 is 14.6 Å². The van der Waals surface area contributed by atoms with E-state index >= 15 is 0 Å². The van der Waals surface area contributed by atoms with Crippen LogP contribution in [0.5, 0.6) is 0 Å². The molecule has 0 saturated carbocycles. The van der Waals surface area contributed by atoms with E-state index in [1.54, 1.807) is 0 Å². The van der Waals surface area contributed by atoms with Gasteiger partial charge in [-0.2, -0.15) is 4.73 Å². The second kappa shape index (κ2) is 2.98. The first-order valence-electron chi connectivity index (χ1n) is 3.15. The molecule has 1 heterocycles. The maximum atomic E-state index is 10.9. The highest BCUT2D eigenvalue weighted by atomic mass is 35.5. The smallest absolute Gasteiger partial charge is 0.343 e. The molecule has 1 aromatic heterocycles. The predicted molar refractivity (Wildman–Crippen MR) is 42.1 cm³/mol. The molecule has 12 heavy (non-hydrogen) atoms. The number of nitrogens with zero attached hydrogens (tertiary/aromatic N) is 1.